The second-order valence-electron chi connectivity index (χ2n) is 21.6. The summed E-state index contributed by atoms with van der Waals surface area (Å²) in [4.78, 5) is 5.00. The van der Waals surface area contributed by atoms with Crippen molar-refractivity contribution in [3.63, 3.8) is 0 Å². The molecule has 12 aromatic carbocycles. The maximum atomic E-state index is 2.59. The number of para-hydroxylation sites is 3. The maximum absolute atomic E-state index is 2.59. The van der Waals surface area contributed by atoms with Gasteiger partial charge < -0.3 is 9.80 Å². The average Bonchev–Trinajstić information content (AvgIpc) is 2.55. The molecule has 15 rings (SSSR count). The second-order valence-corrected chi connectivity index (χ2v) is 21.6. The molecule has 78 heavy (non-hydrogen) atoms. The molecule has 1 spiro atoms. The highest BCUT2D eigenvalue weighted by molar-refractivity contribution is 6.03. The molecule has 0 amide bonds. The SMILES string of the molecule is CC1(C)c2ccccc2-c2ccc(N(c3ccccc3)c3cc4c(cc3-c3ccccc3)-c3cc(-c5ccccc5)ccc3C43c4ccccc4-c4cc(-c5ccccc5)c(N(c5ccccc5)c5ccccc5)cc43)cc21. The molecule has 3 aliphatic rings. The minimum absolute atomic E-state index is 0.187. The third-order valence-electron chi connectivity index (χ3n) is 17.0. The van der Waals surface area contributed by atoms with Crippen LogP contribution in [0.1, 0.15) is 47.2 Å². The van der Waals surface area contributed by atoms with E-state index in [4.69, 9.17) is 0 Å². The maximum Gasteiger partial charge on any atom is 0.0727 e. The van der Waals surface area contributed by atoms with Gasteiger partial charge in [-0.15, -0.1) is 0 Å². The van der Waals surface area contributed by atoms with Crippen LogP contribution in [0.15, 0.2) is 291 Å². The summed E-state index contributed by atoms with van der Waals surface area (Å²) in [6, 6.07) is 109. The summed E-state index contributed by atoms with van der Waals surface area (Å²) in [6.07, 6.45) is 0. The molecule has 0 saturated carbocycles. The van der Waals surface area contributed by atoms with Crippen molar-refractivity contribution in [2.75, 3.05) is 9.80 Å². The smallest absolute Gasteiger partial charge is 0.0727 e. The second kappa shape index (κ2) is 17.9. The lowest BCUT2D eigenvalue weighted by atomic mass is 9.70. The van der Waals surface area contributed by atoms with E-state index in [-0.39, 0.29) is 5.41 Å². The molecule has 0 aromatic heterocycles. The molecule has 0 heterocycles. The summed E-state index contributed by atoms with van der Waals surface area (Å²) in [5.74, 6) is 0. The van der Waals surface area contributed by atoms with Crippen molar-refractivity contribution in [3.05, 3.63) is 325 Å². The first kappa shape index (κ1) is 45.6. The van der Waals surface area contributed by atoms with Crippen LogP contribution >= 0.6 is 0 Å². The van der Waals surface area contributed by atoms with Crippen LogP contribution in [0.5, 0.6) is 0 Å². The molecular formula is C76H54N2. The fourth-order valence-electron chi connectivity index (χ4n) is 13.5. The average molecular weight is 995 g/mol. The van der Waals surface area contributed by atoms with E-state index in [2.05, 4.69) is 315 Å². The minimum atomic E-state index is -0.720. The predicted molar refractivity (Wildman–Crippen MR) is 326 cm³/mol. The fourth-order valence-corrected chi connectivity index (χ4v) is 13.5. The van der Waals surface area contributed by atoms with Crippen LogP contribution in [-0.2, 0) is 10.8 Å². The molecular weight excluding hydrogens is 941 g/mol. The van der Waals surface area contributed by atoms with Crippen molar-refractivity contribution in [2.24, 2.45) is 0 Å². The Bertz CT molecular complexity index is 4220. The highest BCUT2D eigenvalue weighted by atomic mass is 15.2. The summed E-state index contributed by atoms with van der Waals surface area (Å²) >= 11 is 0. The molecule has 368 valence electrons. The zero-order valence-electron chi connectivity index (χ0n) is 43.6. The van der Waals surface area contributed by atoms with Crippen LogP contribution < -0.4 is 9.80 Å². The zero-order valence-corrected chi connectivity index (χ0v) is 43.6. The van der Waals surface area contributed by atoms with Gasteiger partial charge in [-0.05, 0) is 168 Å². The van der Waals surface area contributed by atoms with Crippen molar-refractivity contribution < 1.29 is 0 Å². The van der Waals surface area contributed by atoms with Crippen molar-refractivity contribution in [1.29, 1.82) is 0 Å². The van der Waals surface area contributed by atoms with Gasteiger partial charge in [0.05, 0.1) is 16.8 Å². The number of hydrogen-bond acceptors (Lipinski definition) is 2. The lowest BCUT2D eigenvalue weighted by molar-refractivity contribution is 0.660. The first-order chi connectivity index (χ1) is 38.5. The van der Waals surface area contributed by atoms with Crippen molar-refractivity contribution in [2.45, 2.75) is 24.7 Å². The molecule has 2 nitrogen and oxygen atoms in total. The van der Waals surface area contributed by atoms with E-state index < -0.39 is 5.41 Å². The van der Waals surface area contributed by atoms with E-state index in [1.807, 2.05) is 0 Å². The van der Waals surface area contributed by atoms with Gasteiger partial charge in [0, 0.05) is 39.3 Å². The van der Waals surface area contributed by atoms with Crippen molar-refractivity contribution >= 4 is 34.1 Å². The third kappa shape index (κ3) is 6.89. The van der Waals surface area contributed by atoms with Crippen LogP contribution in [0.3, 0.4) is 0 Å². The quantitative estimate of drug-likeness (QED) is 0.142. The number of hydrogen-bond donors (Lipinski definition) is 0. The summed E-state index contributed by atoms with van der Waals surface area (Å²) < 4.78 is 0. The van der Waals surface area contributed by atoms with Crippen molar-refractivity contribution in [1.82, 2.24) is 0 Å². The van der Waals surface area contributed by atoms with E-state index >= 15 is 0 Å². The normalized spacial score (nSPS) is 14.7. The van der Waals surface area contributed by atoms with E-state index in [0.717, 1.165) is 39.7 Å². The van der Waals surface area contributed by atoms with Gasteiger partial charge in [0.2, 0.25) is 0 Å². The molecule has 0 bridgehead atoms. The van der Waals surface area contributed by atoms with Crippen LogP contribution in [0.2, 0.25) is 0 Å². The van der Waals surface area contributed by atoms with E-state index in [1.165, 1.54) is 94.6 Å². The highest BCUT2D eigenvalue weighted by Crippen LogP contribution is 2.66. The number of rotatable bonds is 9. The molecule has 12 aromatic rings. The van der Waals surface area contributed by atoms with Crippen LogP contribution in [0.4, 0.5) is 34.1 Å². The summed E-state index contributed by atoms with van der Waals surface area (Å²) in [5, 5.41) is 0. The van der Waals surface area contributed by atoms with Gasteiger partial charge in [0.25, 0.3) is 0 Å². The molecule has 0 saturated heterocycles. The molecule has 1 atom stereocenters. The summed E-state index contributed by atoms with van der Waals surface area (Å²) in [7, 11) is 0. The van der Waals surface area contributed by atoms with Gasteiger partial charge in [0.1, 0.15) is 0 Å². The predicted octanol–water partition coefficient (Wildman–Crippen LogP) is 20.3. The van der Waals surface area contributed by atoms with E-state index in [0.29, 0.717) is 0 Å². The Morgan fingerprint density at radius 1 is 0.218 bits per heavy atom. The van der Waals surface area contributed by atoms with Gasteiger partial charge in [-0.1, -0.05) is 226 Å². The Morgan fingerprint density at radius 2 is 0.603 bits per heavy atom. The number of fused-ring (bicyclic) bond motifs is 13. The molecule has 2 heteroatoms. The van der Waals surface area contributed by atoms with Gasteiger partial charge >= 0.3 is 0 Å². The fraction of sp³-hybridized carbons (Fsp3) is 0.0526. The largest absolute Gasteiger partial charge is 0.310 e. The Hall–Kier alpha value is -9.76. The van der Waals surface area contributed by atoms with Crippen LogP contribution in [0, 0.1) is 0 Å². The molecule has 0 N–H and O–H groups in total. The topological polar surface area (TPSA) is 6.48 Å². The Balaban J connectivity index is 1.07. The first-order valence-electron chi connectivity index (χ1n) is 27.2. The minimum Gasteiger partial charge on any atom is -0.310 e. The van der Waals surface area contributed by atoms with Gasteiger partial charge in [0.15, 0.2) is 0 Å². The summed E-state index contributed by atoms with van der Waals surface area (Å²) in [5.41, 5.74) is 28.2. The third-order valence-corrected chi connectivity index (χ3v) is 17.0. The Morgan fingerprint density at radius 3 is 1.13 bits per heavy atom. The van der Waals surface area contributed by atoms with Gasteiger partial charge in [-0.3, -0.25) is 0 Å². The monoisotopic (exact) mass is 994 g/mol. The van der Waals surface area contributed by atoms with Gasteiger partial charge in [-0.2, -0.15) is 0 Å². The van der Waals surface area contributed by atoms with E-state index in [9.17, 15) is 0 Å². The number of anilines is 6. The molecule has 3 aliphatic carbocycles. The Kier molecular flexibility index (Phi) is 10.5. The zero-order chi connectivity index (χ0) is 52.0. The number of nitrogens with zero attached hydrogens (tertiary/aromatic N) is 2. The first-order valence-corrected chi connectivity index (χ1v) is 27.2. The van der Waals surface area contributed by atoms with Crippen LogP contribution in [0.25, 0.3) is 66.8 Å². The lowest BCUT2D eigenvalue weighted by Crippen LogP contribution is -2.27. The van der Waals surface area contributed by atoms with Crippen LogP contribution in [-0.4, -0.2) is 0 Å². The standard InChI is InChI=1S/C76H54N2/c1-75(2)67-39-23-21-37-59(67)61-43-42-58(46-70(61)75)78(57-35-19-8-20-36-57)74-50-72-66(48-63(74)53-29-13-5-14-30-53)64-45-54(51-25-9-3-10-26-51)41-44-69(64)76(72)68-40-24-22-38-60(68)65-47-62(52-27-11-4-12-28-52)73(49-71(65)76)77(55-31-15-6-16-32-55)56-33-17-7-18-34-56/h3-50H,1-2H3. The molecule has 0 radical (unpaired) electrons. The molecule has 0 fully saturated rings. The summed E-state index contributed by atoms with van der Waals surface area (Å²) in [6.45, 7) is 4.76. The highest BCUT2D eigenvalue weighted by Gasteiger charge is 2.53. The molecule has 0 aliphatic heterocycles. The van der Waals surface area contributed by atoms with Gasteiger partial charge in [-0.25, -0.2) is 0 Å². The lowest BCUT2D eigenvalue weighted by Gasteiger charge is -2.35. The van der Waals surface area contributed by atoms with Crippen molar-refractivity contribution in [3.8, 4) is 66.8 Å². The number of benzene rings is 12. The van der Waals surface area contributed by atoms with E-state index in [1.54, 1.807) is 0 Å². The Labute approximate surface area is 457 Å². The molecule has 1 unspecified atom stereocenters.